The number of nitrogens with one attached hydrogen (secondary N) is 1. The number of benzene rings is 3. The Morgan fingerprint density at radius 2 is 1.68 bits per heavy atom. The van der Waals surface area contributed by atoms with Crippen molar-refractivity contribution in [3.05, 3.63) is 87.4 Å². The lowest BCUT2D eigenvalue weighted by atomic mass is 9.90. The molecule has 1 atom stereocenters. The summed E-state index contributed by atoms with van der Waals surface area (Å²) in [5.41, 5.74) is -1.46. The van der Waals surface area contributed by atoms with Gasteiger partial charge >= 0.3 is 6.18 Å². The zero-order valence-electron chi connectivity index (χ0n) is 32.8. The number of anilines is 2. The summed E-state index contributed by atoms with van der Waals surface area (Å²) in [6.07, 6.45) is -6.95. The van der Waals surface area contributed by atoms with Gasteiger partial charge in [0.1, 0.15) is 17.9 Å². The van der Waals surface area contributed by atoms with Crippen LogP contribution in [0.15, 0.2) is 54.6 Å². The summed E-state index contributed by atoms with van der Waals surface area (Å²) in [6.45, 7) is 6.45. The van der Waals surface area contributed by atoms with E-state index in [2.05, 4.69) is 15.1 Å². The average molecular weight is 873 g/mol. The lowest BCUT2D eigenvalue weighted by molar-refractivity contribution is -0.138. The first kappa shape index (κ1) is 44.5. The summed E-state index contributed by atoms with van der Waals surface area (Å²) in [7, 11) is 0. The third-order valence-corrected chi connectivity index (χ3v) is 11.4. The monoisotopic (exact) mass is 872 g/mol. The fourth-order valence-electron chi connectivity index (χ4n) is 7.77. The maximum absolute atomic E-state index is 13.8. The molecule has 0 spiro atoms. The molecule has 0 saturated carbocycles. The van der Waals surface area contributed by atoms with Gasteiger partial charge in [-0.1, -0.05) is 17.7 Å². The number of Topliss-reactive ketones (excluding diaryl/α,β-unsaturated/α-hetero) is 1. The Morgan fingerprint density at radius 1 is 1.00 bits per heavy atom. The molecule has 18 heteroatoms. The summed E-state index contributed by atoms with van der Waals surface area (Å²) >= 11 is 12.0. The fourth-order valence-corrected chi connectivity index (χ4v) is 8.58. The second kappa shape index (κ2) is 18.3. The fraction of sp³-hybridized carbons (Fsp3) is 0.429. The van der Waals surface area contributed by atoms with E-state index in [0.29, 0.717) is 56.7 Å². The Labute approximate surface area is 354 Å². The number of alkyl halides is 5. The Hall–Kier alpha value is -5.02. The van der Waals surface area contributed by atoms with Crippen LogP contribution in [0.2, 0.25) is 5.02 Å². The minimum atomic E-state index is -4.87. The van der Waals surface area contributed by atoms with Crippen molar-refractivity contribution in [3.63, 3.8) is 0 Å². The number of ether oxygens (including phenoxy) is 1. The number of ketones is 1. The highest BCUT2D eigenvalue weighted by Crippen LogP contribution is 2.41. The van der Waals surface area contributed by atoms with Gasteiger partial charge in [0.2, 0.25) is 18.2 Å². The minimum Gasteiger partial charge on any atom is -0.492 e. The molecule has 3 aliphatic rings. The van der Waals surface area contributed by atoms with Gasteiger partial charge in [0.05, 0.1) is 29.4 Å². The van der Waals surface area contributed by atoms with Crippen LogP contribution < -0.4 is 19.9 Å². The van der Waals surface area contributed by atoms with E-state index in [9.17, 15) is 46.4 Å². The van der Waals surface area contributed by atoms with Gasteiger partial charge in [-0.3, -0.25) is 39.2 Å². The normalized spacial score (nSPS) is 18.9. The lowest BCUT2D eigenvalue weighted by Gasteiger charge is -2.34. The number of rotatable bonds is 14. The smallest absolute Gasteiger partial charge is 0.417 e. The lowest BCUT2D eigenvalue weighted by Crippen LogP contribution is -2.48. The van der Waals surface area contributed by atoms with Crippen molar-refractivity contribution < 1.29 is 45.9 Å². The number of amides is 3. The van der Waals surface area contributed by atoms with E-state index < -0.39 is 41.6 Å². The summed E-state index contributed by atoms with van der Waals surface area (Å²) in [5.74, 6) is -1.36. The molecule has 3 fully saturated rings. The van der Waals surface area contributed by atoms with E-state index in [1.165, 1.54) is 43.0 Å². The van der Waals surface area contributed by atoms with Gasteiger partial charge in [-0.15, -0.1) is 0 Å². The van der Waals surface area contributed by atoms with E-state index >= 15 is 0 Å². The van der Waals surface area contributed by atoms with Crippen LogP contribution in [0.25, 0.3) is 0 Å². The standard InChI is InChI=1S/C42H42ClF5N6O5S/c1-41(2)39(58)53(31-5-3-28(23-49)34(22-31)42(46,47)48)40(60)54(41)32-6-7-35(29(20-32)21-36(44)45)59-14-13-51-9-11-52(12-10-51)24-33(55)19-26-15-25(17-30(43)18-26)16-27-4-8-37(56)50-38(27)57/h3,5-7,15,17-18,20,22,27,36H,4,8-14,16,19,21,24H2,1-2H3,(H,50,56,57). The van der Waals surface area contributed by atoms with Crippen LogP contribution >= 0.6 is 23.8 Å². The number of nitrogens with zero attached hydrogens (tertiary/aromatic N) is 5. The minimum absolute atomic E-state index is 0.0102. The number of hydrogen-bond donors (Lipinski definition) is 1. The zero-order chi connectivity index (χ0) is 43.5. The third kappa shape index (κ3) is 10.3. The maximum atomic E-state index is 13.8. The van der Waals surface area contributed by atoms with Crippen molar-refractivity contribution in [2.45, 2.75) is 64.1 Å². The van der Waals surface area contributed by atoms with Gasteiger partial charge in [0, 0.05) is 74.2 Å². The Kier molecular flexibility index (Phi) is 13.6. The Bertz CT molecular complexity index is 2230. The summed E-state index contributed by atoms with van der Waals surface area (Å²) in [6, 6.07) is 14.2. The highest BCUT2D eigenvalue weighted by atomic mass is 35.5. The third-order valence-electron chi connectivity index (χ3n) is 10.8. The molecule has 0 radical (unpaired) electrons. The number of carbonyl (C=O) groups is 4. The van der Waals surface area contributed by atoms with Gasteiger partial charge in [-0.25, -0.2) is 8.78 Å². The molecule has 6 rings (SSSR count). The second-order valence-corrected chi connectivity index (χ2v) is 16.3. The van der Waals surface area contributed by atoms with Crippen LogP contribution in [0.1, 0.15) is 54.5 Å². The molecule has 318 valence electrons. The van der Waals surface area contributed by atoms with Crippen LogP contribution in [0, 0.1) is 17.2 Å². The molecular weight excluding hydrogens is 831 g/mol. The molecular formula is C42H42ClF5N6O5S. The van der Waals surface area contributed by atoms with Crippen LogP contribution in [0.3, 0.4) is 0 Å². The van der Waals surface area contributed by atoms with E-state index in [1.54, 1.807) is 18.2 Å². The molecule has 0 bridgehead atoms. The summed E-state index contributed by atoms with van der Waals surface area (Å²) in [5, 5.41) is 11.9. The summed E-state index contributed by atoms with van der Waals surface area (Å²) in [4.78, 5) is 57.0. The van der Waals surface area contributed by atoms with E-state index in [0.717, 1.165) is 22.1 Å². The van der Waals surface area contributed by atoms with Gasteiger partial charge in [-0.2, -0.15) is 18.4 Å². The van der Waals surface area contributed by atoms with Crippen molar-refractivity contribution in [1.82, 2.24) is 15.1 Å². The number of imide groups is 1. The molecule has 3 aromatic carbocycles. The predicted octanol–water partition coefficient (Wildman–Crippen LogP) is 6.36. The molecule has 3 amide bonds. The number of carbonyl (C=O) groups excluding carboxylic acids is 4. The van der Waals surface area contributed by atoms with Crippen LogP contribution in [-0.2, 0) is 44.6 Å². The molecule has 3 aromatic rings. The SMILES string of the molecule is CC1(C)C(=O)N(c2ccc(C#N)c(C(F)(F)F)c2)C(=S)N1c1ccc(OCCN2CCN(CC(=O)Cc3cc(Cl)cc(CC4CCC(=O)NC4=O)c3)CC2)c(CC(F)F)c1. The average Bonchev–Trinajstić information content (AvgIpc) is 3.34. The largest absolute Gasteiger partial charge is 0.492 e. The van der Waals surface area contributed by atoms with Gasteiger partial charge in [0.25, 0.3) is 5.91 Å². The number of nitriles is 1. The highest BCUT2D eigenvalue weighted by Gasteiger charge is 2.51. The molecule has 0 aromatic heterocycles. The number of hydrogen-bond acceptors (Lipinski definition) is 9. The molecule has 60 heavy (non-hydrogen) atoms. The van der Waals surface area contributed by atoms with Crippen molar-refractivity contribution >= 4 is 63.8 Å². The molecule has 11 nitrogen and oxygen atoms in total. The van der Waals surface area contributed by atoms with Crippen LogP contribution in [-0.4, -0.2) is 96.3 Å². The molecule has 3 aliphatic heterocycles. The Balaban J connectivity index is 1.03. The van der Waals surface area contributed by atoms with E-state index in [1.807, 2.05) is 6.07 Å². The van der Waals surface area contributed by atoms with Gasteiger partial charge in [0.15, 0.2) is 10.9 Å². The van der Waals surface area contributed by atoms with Crippen molar-refractivity contribution in [1.29, 1.82) is 5.26 Å². The first-order chi connectivity index (χ1) is 28.3. The second-order valence-electron chi connectivity index (χ2n) is 15.5. The molecule has 1 unspecified atom stereocenters. The summed E-state index contributed by atoms with van der Waals surface area (Å²) < 4.78 is 75.0. The molecule has 1 N–H and O–H groups in total. The van der Waals surface area contributed by atoms with Crippen LogP contribution in [0.4, 0.5) is 33.3 Å². The topological polar surface area (TPSA) is 126 Å². The molecule has 0 aliphatic carbocycles. The van der Waals surface area contributed by atoms with Gasteiger partial charge < -0.3 is 9.64 Å². The zero-order valence-corrected chi connectivity index (χ0v) is 34.4. The quantitative estimate of drug-likeness (QED) is 0.111. The number of piperazine rings is 1. The predicted molar refractivity (Wildman–Crippen MR) is 217 cm³/mol. The van der Waals surface area contributed by atoms with Gasteiger partial charge in [-0.05, 0) is 98.6 Å². The van der Waals surface area contributed by atoms with Crippen molar-refractivity contribution in [2.75, 3.05) is 55.7 Å². The Morgan fingerprint density at radius 3 is 2.35 bits per heavy atom. The molecule has 3 heterocycles. The first-order valence-electron chi connectivity index (χ1n) is 19.3. The van der Waals surface area contributed by atoms with Crippen molar-refractivity contribution in [3.8, 4) is 11.8 Å². The van der Waals surface area contributed by atoms with Crippen molar-refractivity contribution in [2.24, 2.45) is 5.92 Å². The van der Waals surface area contributed by atoms with E-state index in [-0.39, 0.29) is 77.3 Å². The highest BCUT2D eigenvalue weighted by molar-refractivity contribution is 7.81. The maximum Gasteiger partial charge on any atom is 0.417 e. The molecule has 3 saturated heterocycles. The number of piperidine rings is 1. The number of thiocarbonyl (C=S) groups is 1. The number of halogens is 6. The van der Waals surface area contributed by atoms with Crippen LogP contribution in [0.5, 0.6) is 5.75 Å². The first-order valence-corrected chi connectivity index (χ1v) is 20.0. The van der Waals surface area contributed by atoms with E-state index in [4.69, 9.17) is 28.6 Å².